The van der Waals surface area contributed by atoms with Gasteiger partial charge in [-0.15, -0.1) is 0 Å². The van der Waals surface area contributed by atoms with Gasteiger partial charge in [0.2, 0.25) is 0 Å². The van der Waals surface area contributed by atoms with Gasteiger partial charge < -0.3 is 20.5 Å². The molecule has 0 aliphatic carbocycles. The summed E-state index contributed by atoms with van der Waals surface area (Å²) in [6.45, 7) is 0. The van der Waals surface area contributed by atoms with Crippen molar-refractivity contribution in [2.24, 2.45) is 0 Å². The number of aromatic carboxylic acids is 1. The zero-order chi connectivity index (χ0) is 16.7. The largest absolute Gasteiger partial charge is 0.497 e. The van der Waals surface area contributed by atoms with Crippen molar-refractivity contribution in [3.63, 3.8) is 0 Å². The lowest BCUT2D eigenvalue weighted by Gasteiger charge is -2.05. The minimum atomic E-state index is -1.01. The smallest absolute Gasteiger partial charge is 0.335 e. The SMILES string of the molecule is COc1ccc(/C=C/NC(=O)Nc2ccc(C(=O)O)cc2)cc1. The molecule has 6 heteroatoms. The molecular formula is C17H16N2O4. The predicted molar refractivity (Wildman–Crippen MR) is 87.6 cm³/mol. The number of carboxylic acid groups (broad SMARTS) is 1. The highest BCUT2D eigenvalue weighted by Crippen LogP contribution is 2.12. The van der Waals surface area contributed by atoms with Crippen molar-refractivity contribution in [3.8, 4) is 5.75 Å². The fourth-order valence-electron chi connectivity index (χ4n) is 1.79. The van der Waals surface area contributed by atoms with Crippen LogP contribution >= 0.6 is 0 Å². The van der Waals surface area contributed by atoms with E-state index >= 15 is 0 Å². The van der Waals surface area contributed by atoms with Crippen LogP contribution in [0.3, 0.4) is 0 Å². The summed E-state index contributed by atoms with van der Waals surface area (Å²) in [4.78, 5) is 22.4. The second kappa shape index (κ2) is 7.65. The van der Waals surface area contributed by atoms with E-state index in [1.165, 1.54) is 30.5 Å². The maximum absolute atomic E-state index is 11.7. The summed E-state index contributed by atoms with van der Waals surface area (Å²) in [5.74, 6) is -0.249. The molecule has 2 amide bonds. The summed E-state index contributed by atoms with van der Waals surface area (Å²) >= 11 is 0. The minimum absolute atomic E-state index is 0.162. The molecule has 0 aromatic heterocycles. The quantitative estimate of drug-likeness (QED) is 0.791. The van der Waals surface area contributed by atoms with Crippen LogP contribution in [-0.4, -0.2) is 24.2 Å². The van der Waals surface area contributed by atoms with Crippen LogP contribution in [0.1, 0.15) is 15.9 Å². The van der Waals surface area contributed by atoms with Gasteiger partial charge in [-0.25, -0.2) is 9.59 Å². The molecule has 2 aromatic carbocycles. The van der Waals surface area contributed by atoms with Gasteiger partial charge in [0, 0.05) is 11.9 Å². The van der Waals surface area contributed by atoms with E-state index in [1.807, 2.05) is 24.3 Å². The normalized spacial score (nSPS) is 10.3. The molecule has 0 fully saturated rings. The maximum atomic E-state index is 11.7. The zero-order valence-electron chi connectivity index (χ0n) is 12.4. The topological polar surface area (TPSA) is 87.7 Å². The number of carboxylic acids is 1. The number of carbonyl (C=O) groups excluding carboxylic acids is 1. The molecule has 6 nitrogen and oxygen atoms in total. The summed E-state index contributed by atoms with van der Waals surface area (Å²) < 4.78 is 5.06. The number of carbonyl (C=O) groups is 2. The van der Waals surface area contributed by atoms with Crippen LogP contribution in [0.2, 0.25) is 0 Å². The van der Waals surface area contributed by atoms with Crippen LogP contribution < -0.4 is 15.4 Å². The van der Waals surface area contributed by atoms with Gasteiger partial charge in [-0.05, 0) is 48.0 Å². The van der Waals surface area contributed by atoms with Crippen molar-refractivity contribution in [3.05, 3.63) is 65.9 Å². The molecule has 0 radical (unpaired) electrons. The number of methoxy groups -OCH3 is 1. The van der Waals surface area contributed by atoms with Crippen LogP contribution in [0.4, 0.5) is 10.5 Å². The van der Waals surface area contributed by atoms with E-state index in [4.69, 9.17) is 9.84 Å². The van der Waals surface area contributed by atoms with Crippen LogP contribution in [0.25, 0.3) is 6.08 Å². The summed E-state index contributed by atoms with van der Waals surface area (Å²) in [5.41, 5.74) is 1.58. The number of ether oxygens (including phenoxy) is 1. The number of anilines is 1. The van der Waals surface area contributed by atoms with Gasteiger partial charge in [0.15, 0.2) is 0 Å². The molecule has 3 N–H and O–H groups in total. The predicted octanol–water partition coefficient (Wildman–Crippen LogP) is 3.19. The van der Waals surface area contributed by atoms with E-state index in [1.54, 1.807) is 13.2 Å². The molecular weight excluding hydrogens is 296 g/mol. The third-order valence-corrected chi connectivity index (χ3v) is 3.00. The van der Waals surface area contributed by atoms with Gasteiger partial charge >= 0.3 is 12.0 Å². The van der Waals surface area contributed by atoms with Crippen LogP contribution in [-0.2, 0) is 0 Å². The Balaban J connectivity index is 1.86. The fraction of sp³-hybridized carbons (Fsp3) is 0.0588. The average molecular weight is 312 g/mol. The summed E-state index contributed by atoms with van der Waals surface area (Å²) in [6.07, 6.45) is 3.26. The van der Waals surface area contributed by atoms with E-state index in [0.29, 0.717) is 5.69 Å². The van der Waals surface area contributed by atoms with Crippen molar-refractivity contribution >= 4 is 23.8 Å². The zero-order valence-corrected chi connectivity index (χ0v) is 12.4. The van der Waals surface area contributed by atoms with Crippen molar-refractivity contribution < 1.29 is 19.4 Å². The van der Waals surface area contributed by atoms with E-state index in [-0.39, 0.29) is 5.56 Å². The van der Waals surface area contributed by atoms with E-state index in [2.05, 4.69) is 10.6 Å². The second-order valence-electron chi connectivity index (χ2n) is 4.59. The first-order chi connectivity index (χ1) is 11.1. The number of hydrogen-bond acceptors (Lipinski definition) is 3. The van der Waals surface area contributed by atoms with Crippen LogP contribution in [0.15, 0.2) is 54.7 Å². The second-order valence-corrected chi connectivity index (χ2v) is 4.59. The Hall–Kier alpha value is -3.28. The van der Waals surface area contributed by atoms with Gasteiger partial charge in [0.05, 0.1) is 12.7 Å². The standard InChI is InChI=1S/C17H16N2O4/c1-23-15-8-2-12(3-9-15)10-11-18-17(22)19-14-6-4-13(5-7-14)16(20)21/h2-11H,1H3,(H,20,21)(H2,18,19,22)/b11-10+. The van der Waals surface area contributed by atoms with E-state index in [0.717, 1.165) is 11.3 Å². The molecule has 0 aliphatic heterocycles. The fourth-order valence-corrected chi connectivity index (χ4v) is 1.79. The van der Waals surface area contributed by atoms with Crippen LogP contribution in [0.5, 0.6) is 5.75 Å². The highest BCUT2D eigenvalue weighted by molar-refractivity contribution is 5.92. The maximum Gasteiger partial charge on any atom is 0.335 e. The minimum Gasteiger partial charge on any atom is -0.497 e. The Bertz CT molecular complexity index is 706. The van der Waals surface area contributed by atoms with Crippen molar-refractivity contribution in [1.29, 1.82) is 0 Å². The Morgan fingerprint density at radius 3 is 2.26 bits per heavy atom. The third-order valence-electron chi connectivity index (χ3n) is 3.00. The lowest BCUT2D eigenvalue weighted by Crippen LogP contribution is -2.23. The molecule has 0 spiro atoms. The number of hydrogen-bond donors (Lipinski definition) is 3. The van der Waals surface area contributed by atoms with Gasteiger partial charge in [0.25, 0.3) is 0 Å². The first-order valence-electron chi connectivity index (χ1n) is 6.80. The number of nitrogens with one attached hydrogen (secondary N) is 2. The lowest BCUT2D eigenvalue weighted by molar-refractivity contribution is 0.0697. The van der Waals surface area contributed by atoms with E-state index < -0.39 is 12.0 Å². The summed E-state index contributed by atoms with van der Waals surface area (Å²) in [5, 5.41) is 14.0. The van der Waals surface area contributed by atoms with Crippen molar-refractivity contribution in [2.75, 3.05) is 12.4 Å². The summed E-state index contributed by atoms with van der Waals surface area (Å²) in [6, 6.07) is 12.8. The van der Waals surface area contributed by atoms with Gasteiger partial charge in [-0.2, -0.15) is 0 Å². The number of rotatable bonds is 5. The van der Waals surface area contributed by atoms with Gasteiger partial charge in [0.1, 0.15) is 5.75 Å². The highest BCUT2D eigenvalue weighted by atomic mass is 16.5. The molecule has 0 saturated carbocycles. The molecule has 0 aliphatic rings. The Kier molecular flexibility index (Phi) is 5.35. The average Bonchev–Trinajstić information content (AvgIpc) is 2.56. The Morgan fingerprint density at radius 1 is 1.04 bits per heavy atom. The van der Waals surface area contributed by atoms with Crippen molar-refractivity contribution in [1.82, 2.24) is 5.32 Å². The lowest BCUT2D eigenvalue weighted by atomic mass is 10.2. The Labute approximate surface area is 133 Å². The Morgan fingerprint density at radius 2 is 1.70 bits per heavy atom. The molecule has 2 rings (SSSR count). The summed E-state index contributed by atoms with van der Waals surface area (Å²) in [7, 11) is 1.60. The van der Waals surface area contributed by atoms with Gasteiger partial charge in [-0.1, -0.05) is 12.1 Å². The molecule has 2 aromatic rings. The number of amides is 2. The monoisotopic (exact) mass is 312 g/mol. The first-order valence-corrected chi connectivity index (χ1v) is 6.80. The highest BCUT2D eigenvalue weighted by Gasteiger charge is 2.03. The molecule has 0 bridgehead atoms. The van der Waals surface area contributed by atoms with Gasteiger partial charge in [-0.3, -0.25) is 0 Å². The molecule has 118 valence electrons. The van der Waals surface area contributed by atoms with Crippen LogP contribution in [0, 0.1) is 0 Å². The van der Waals surface area contributed by atoms with Crippen molar-refractivity contribution in [2.45, 2.75) is 0 Å². The number of benzene rings is 2. The molecule has 23 heavy (non-hydrogen) atoms. The molecule has 0 heterocycles. The molecule has 0 saturated heterocycles. The van der Waals surface area contributed by atoms with E-state index in [9.17, 15) is 9.59 Å². The first kappa shape index (κ1) is 16.1. The molecule has 0 atom stereocenters. The number of urea groups is 1. The molecule has 0 unspecified atom stereocenters. The third kappa shape index (κ3) is 4.89.